The lowest BCUT2D eigenvalue weighted by Crippen LogP contribution is -2.19. The molecule has 0 aliphatic carbocycles. The van der Waals surface area contributed by atoms with E-state index in [0.717, 1.165) is 0 Å². The Labute approximate surface area is 66.3 Å². The van der Waals surface area contributed by atoms with Crippen molar-refractivity contribution < 1.29 is 14.6 Å². The van der Waals surface area contributed by atoms with Gasteiger partial charge in [-0.05, 0) is 19.4 Å². The van der Waals surface area contributed by atoms with Gasteiger partial charge in [0.15, 0.2) is 0 Å². The second kappa shape index (κ2) is 6.12. The first-order valence-corrected chi connectivity index (χ1v) is 3.64. The molecule has 0 saturated heterocycles. The molecule has 1 atom stereocenters. The maximum absolute atomic E-state index is 10.5. The minimum absolute atomic E-state index is 0.347. The van der Waals surface area contributed by atoms with E-state index in [4.69, 9.17) is 15.6 Å². The molecule has 0 fully saturated rings. The van der Waals surface area contributed by atoms with Gasteiger partial charge in [-0.15, -0.1) is 0 Å². The minimum Gasteiger partial charge on any atom is -0.481 e. The average molecular weight is 161 g/mol. The zero-order chi connectivity index (χ0) is 8.69. The van der Waals surface area contributed by atoms with Crippen LogP contribution in [0.5, 0.6) is 0 Å². The highest BCUT2D eigenvalue weighted by Gasteiger charge is 2.15. The molecule has 4 heteroatoms. The molecule has 0 radical (unpaired) electrons. The second-order valence-electron chi connectivity index (χ2n) is 2.39. The first-order valence-electron chi connectivity index (χ1n) is 3.64. The summed E-state index contributed by atoms with van der Waals surface area (Å²) < 4.78 is 4.76. The summed E-state index contributed by atoms with van der Waals surface area (Å²) in [5.74, 6) is -1.13. The Morgan fingerprint density at radius 2 is 2.27 bits per heavy atom. The van der Waals surface area contributed by atoms with Crippen LogP contribution in [0.3, 0.4) is 0 Å². The Balaban J connectivity index is 3.60. The van der Waals surface area contributed by atoms with E-state index in [9.17, 15) is 4.79 Å². The highest BCUT2D eigenvalue weighted by Crippen LogP contribution is 2.07. The van der Waals surface area contributed by atoms with E-state index in [1.54, 1.807) is 7.11 Å². The van der Waals surface area contributed by atoms with Crippen molar-refractivity contribution in [2.75, 3.05) is 20.3 Å². The zero-order valence-electron chi connectivity index (χ0n) is 6.75. The van der Waals surface area contributed by atoms with Crippen molar-refractivity contribution >= 4 is 5.97 Å². The number of carbonyl (C=O) groups is 1. The maximum Gasteiger partial charge on any atom is 0.306 e. The molecular formula is C7H15NO3. The lowest BCUT2D eigenvalue weighted by Gasteiger charge is -2.09. The summed E-state index contributed by atoms with van der Waals surface area (Å²) in [6.07, 6.45) is 1.07. The van der Waals surface area contributed by atoms with Crippen LogP contribution < -0.4 is 5.73 Å². The van der Waals surface area contributed by atoms with Crippen molar-refractivity contribution in [3.05, 3.63) is 0 Å². The van der Waals surface area contributed by atoms with Crippen LogP contribution in [-0.4, -0.2) is 31.3 Å². The van der Waals surface area contributed by atoms with Crippen molar-refractivity contribution in [1.82, 2.24) is 0 Å². The summed E-state index contributed by atoms with van der Waals surface area (Å²) in [5, 5.41) is 8.62. The molecule has 0 rings (SSSR count). The number of hydrogen-bond donors (Lipinski definition) is 2. The Kier molecular flexibility index (Phi) is 5.78. The van der Waals surface area contributed by atoms with Gasteiger partial charge in [0, 0.05) is 13.7 Å². The second-order valence-corrected chi connectivity index (χ2v) is 2.39. The predicted molar refractivity (Wildman–Crippen MR) is 41.3 cm³/mol. The van der Waals surface area contributed by atoms with Crippen molar-refractivity contribution in [1.29, 1.82) is 0 Å². The standard InChI is InChI=1S/C7H15NO3/c1-11-5-3-6(2-4-8)7(9)10/h6H,2-5,8H2,1H3,(H,9,10). The Hall–Kier alpha value is -0.610. The predicted octanol–water partition coefficient (Wildman–Crippen LogP) is 0.0725. The van der Waals surface area contributed by atoms with Gasteiger partial charge in [-0.3, -0.25) is 4.79 Å². The molecule has 0 aromatic heterocycles. The Morgan fingerprint density at radius 3 is 2.64 bits per heavy atom. The van der Waals surface area contributed by atoms with Crippen molar-refractivity contribution in [3.63, 3.8) is 0 Å². The van der Waals surface area contributed by atoms with Crippen LogP contribution in [0.4, 0.5) is 0 Å². The van der Waals surface area contributed by atoms with Gasteiger partial charge in [-0.25, -0.2) is 0 Å². The molecule has 4 nitrogen and oxygen atoms in total. The van der Waals surface area contributed by atoms with Crippen LogP contribution in [0.25, 0.3) is 0 Å². The monoisotopic (exact) mass is 161 g/mol. The molecular weight excluding hydrogens is 146 g/mol. The average Bonchev–Trinajstić information content (AvgIpc) is 1.97. The van der Waals surface area contributed by atoms with Crippen LogP contribution in [0.1, 0.15) is 12.8 Å². The topological polar surface area (TPSA) is 72.5 Å². The molecule has 0 heterocycles. The van der Waals surface area contributed by atoms with Gasteiger partial charge < -0.3 is 15.6 Å². The number of hydrogen-bond acceptors (Lipinski definition) is 3. The van der Waals surface area contributed by atoms with Crippen LogP contribution in [0.2, 0.25) is 0 Å². The third kappa shape index (κ3) is 4.75. The molecule has 66 valence electrons. The fourth-order valence-electron chi connectivity index (χ4n) is 0.853. The SMILES string of the molecule is COCCC(CCN)C(=O)O. The molecule has 0 saturated carbocycles. The fraction of sp³-hybridized carbons (Fsp3) is 0.857. The van der Waals surface area contributed by atoms with E-state index in [-0.39, 0.29) is 5.92 Å². The molecule has 3 N–H and O–H groups in total. The zero-order valence-corrected chi connectivity index (χ0v) is 6.75. The molecule has 11 heavy (non-hydrogen) atoms. The van der Waals surface area contributed by atoms with Gasteiger partial charge in [-0.2, -0.15) is 0 Å². The van der Waals surface area contributed by atoms with Crippen molar-refractivity contribution in [2.45, 2.75) is 12.8 Å². The first-order chi connectivity index (χ1) is 5.22. The highest BCUT2D eigenvalue weighted by atomic mass is 16.5. The molecule has 0 aliphatic heterocycles. The summed E-state index contributed by atoms with van der Waals surface area (Å²) in [5.41, 5.74) is 5.23. The van der Waals surface area contributed by atoms with E-state index < -0.39 is 5.97 Å². The summed E-state index contributed by atoms with van der Waals surface area (Å²) in [7, 11) is 1.56. The third-order valence-electron chi connectivity index (χ3n) is 1.53. The molecule has 0 aliphatic rings. The van der Waals surface area contributed by atoms with Crippen LogP contribution >= 0.6 is 0 Å². The lowest BCUT2D eigenvalue weighted by atomic mass is 10.0. The largest absolute Gasteiger partial charge is 0.481 e. The van der Waals surface area contributed by atoms with E-state index in [1.165, 1.54) is 0 Å². The summed E-state index contributed by atoms with van der Waals surface area (Å²) >= 11 is 0. The highest BCUT2D eigenvalue weighted by molar-refractivity contribution is 5.69. The summed E-state index contributed by atoms with van der Waals surface area (Å²) in [6, 6.07) is 0. The quantitative estimate of drug-likeness (QED) is 0.578. The molecule has 1 unspecified atom stereocenters. The summed E-state index contributed by atoms with van der Waals surface area (Å²) in [4.78, 5) is 10.5. The number of methoxy groups -OCH3 is 1. The Bertz CT molecular complexity index is 116. The molecule has 0 aromatic carbocycles. The number of rotatable bonds is 6. The van der Waals surface area contributed by atoms with E-state index in [0.29, 0.717) is 26.0 Å². The smallest absolute Gasteiger partial charge is 0.306 e. The van der Waals surface area contributed by atoms with E-state index in [1.807, 2.05) is 0 Å². The Morgan fingerprint density at radius 1 is 1.64 bits per heavy atom. The molecule has 0 bridgehead atoms. The van der Waals surface area contributed by atoms with Crippen molar-refractivity contribution in [2.24, 2.45) is 11.7 Å². The summed E-state index contributed by atoms with van der Waals surface area (Å²) in [6.45, 7) is 0.900. The van der Waals surface area contributed by atoms with Crippen LogP contribution in [0, 0.1) is 5.92 Å². The number of carboxylic acids is 1. The van der Waals surface area contributed by atoms with Crippen molar-refractivity contribution in [3.8, 4) is 0 Å². The van der Waals surface area contributed by atoms with Gasteiger partial charge in [0.2, 0.25) is 0 Å². The van der Waals surface area contributed by atoms with E-state index >= 15 is 0 Å². The number of carboxylic acid groups (broad SMARTS) is 1. The lowest BCUT2D eigenvalue weighted by molar-refractivity contribution is -0.142. The van der Waals surface area contributed by atoms with Crippen LogP contribution in [0.15, 0.2) is 0 Å². The minimum atomic E-state index is -0.785. The number of aliphatic carboxylic acids is 1. The molecule has 0 spiro atoms. The van der Waals surface area contributed by atoms with Crippen LogP contribution in [-0.2, 0) is 9.53 Å². The first kappa shape index (κ1) is 10.4. The number of nitrogens with two attached hydrogens (primary N) is 1. The van der Waals surface area contributed by atoms with Gasteiger partial charge >= 0.3 is 5.97 Å². The van der Waals surface area contributed by atoms with Gasteiger partial charge in [0.25, 0.3) is 0 Å². The molecule has 0 amide bonds. The number of ether oxygens (including phenoxy) is 1. The van der Waals surface area contributed by atoms with E-state index in [2.05, 4.69) is 0 Å². The maximum atomic E-state index is 10.5. The normalized spacial score (nSPS) is 12.9. The fourth-order valence-corrected chi connectivity index (χ4v) is 0.853. The van der Waals surface area contributed by atoms with Gasteiger partial charge in [0.05, 0.1) is 5.92 Å². The van der Waals surface area contributed by atoms with Gasteiger partial charge in [0.1, 0.15) is 0 Å². The molecule has 0 aromatic rings. The van der Waals surface area contributed by atoms with Gasteiger partial charge in [-0.1, -0.05) is 0 Å². The third-order valence-corrected chi connectivity index (χ3v) is 1.53.